The molecule has 0 N–H and O–H groups in total. The van der Waals surface area contributed by atoms with Crippen molar-refractivity contribution in [2.75, 3.05) is 13.1 Å². The molecule has 2 aliphatic rings. The van der Waals surface area contributed by atoms with Gasteiger partial charge in [-0.15, -0.1) is 10.2 Å². The fourth-order valence-electron chi connectivity index (χ4n) is 4.23. The van der Waals surface area contributed by atoms with Crippen molar-refractivity contribution < 1.29 is 4.52 Å². The van der Waals surface area contributed by atoms with E-state index in [1.54, 1.807) is 6.33 Å². The maximum absolute atomic E-state index is 5.62. The number of aryl methyl sites for hydroxylation is 1. The summed E-state index contributed by atoms with van der Waals surface area (Å²) >= 11 is 0. The molecule has 1 aliphatic carbocycles. The van der Waals surface area contributed by atoms with Crippen LogP contribution in [0.2, 0.25) is 0 Å². The Balaban J connectivity index is 1.31. The van der Waals surface area contributed by atoms with Gasteiger partial charge < -0.3 is 9.09 Å². The smallest absolute Gasteiger partial charge is 0.150 e. The van der Waals surface area contributed by atoms with Crippen LogP contribution in [0.15, 0.2) is 16.9 Å². The van der Waals surface area contributed by atoms with Crippen LogP contribution in [0.4, 0.5) is 0 Å². The van der Waals surface area contributed by atoms with E-state index in [2.05, 4.69) is 26.3 Å². The molecule has 1 aliphatic heterocycles. The summed E-state index contributed by atoms with van der Waals surface area (Å²) in [7, 11) is 2.03. The monoisotopic (exact) mass is 329 g/mol. The summed E-state index contributed by atoms with van der Waals surface area (Å²) in [4.78, 5) is 2.47. The van der Waals surface area contributed by atoms with Gasteiger partial charge in [-0.1, -0.05) is 24.4 Å². The number of piperidine rings is 1. The minimum Gasteiger partial charge on any atom is -0.360 e. The molecule has 0 aromatic carbocycles. The van der Waals surface area contributed by atoms with Crippen molar-refractivity contribution in [3.05, 3.63) is 29.7 Å². The molecule has 24 heavy (non-hydrogen) atoms. The van der Waals surface area contributed by atoms with Gasteiger partial charge in [-0.2, -0.15) is 0 Å². The topological polar surface area (TPSA) is 60.0 Å². The highest BCUT2D eigenvalue weighted by Gasteiger charge is 2.25. The SMILES string of the molecule is Cn1cnnc1C1CCN(Cc2cc(C3CCCCC3)no2)CC1. The molecule has 4 rings (SSSR count). The average molecular weight is 329 g/mol. The predicted octanol–water partition coefficient (Wildman–Crippen LogP) is 3.23. The molecule has 2 aromatic rings. The van der Waals surface area contributed by atoms with Gasteiger partial charge in [0.15, 0.2) is 5.76 Å². The molecule has 0 spiro atoms. The second-order valence-corrected chi connectivity index (χ2v) is 7.40. The lowest BCUT2D eigenvalue weighted by molar-refractivity contribution is 0.180. The molecule has 1 saturated heterocycles. The van der Waals surface area contributed by atoms with E-state index < -0.39 is 0 Å². The zero-order chi connectivity index (χ0) is 16.4. The quantitative estimate of drug-likeness (QED) is 0.862. The molecular weight excluding hydrogens is 302 g/mol. The van der Waals surface area contributed by atoms with Gasteiger partial charge in [0.2, 0.25) is 0 Å². The molecule has 6 heteroatoms. The first kappa shape index (κ1) is 15.8. The Morgan fingerprint density at radius 2 is 1.88 bits per heavy atom. The second-order valence-electron chi connectivity index (χ2n) is 7.40. The number of aromatic nitrogens is 4. The summed E-state index contributed by atoms with van der Waals surface area (Å²) in [6.07, 6.45) is 10.7. The van der Waals surface area contributed by atoms with Gasteiger partial charge in [0.05, 0.1) is 12.2 Å². The molecule has 0 atom stereocenters. The van der Waals surface area contributed by atoms with Crippen LogP contribution in [0.3, 0.4) is 0 Å². The van der Waals surface area contributed by atoms with Crippen LogP contribution in [-0.2, 0) is 13.6 Å². The minimum absolute atomic E-state index is 0.529. The number of hydrogen-bond donors (Lipinski definition) is 0. The molecule has 0 radical (unpaired) electrons. The molecule has 0 bridgehead atoms. The minimum atomic E-state index is 0.529. The van der Waals surface area contributed by atoms with Crippen LogP contribution in [0.1, 0.15) is 74.1 Å². The van der Waals surface area contributed by atoms with Crippen molar-refractivity contribution in [1.82, 2.24) is 24.8 Å². The summed E-state index contributed by atoms with van der Waals surface area (Å²) in [6.45, 7) is 3.04. The van der Waals surface area contributed by atoms with Gasteiger partial charge in [-0.05, 0) is 38.8 Å². The van der Waals surface area contributed by atoms with Crippen LogP contribution in [0.25, 0.3) is 0 Å². The third kappa shape index (κ3) is 3.38. The van der Waals surface area contributed by atoms with Gasteiger partial charge in [0, 0.05) is 24.9 Å². The lowest BCUT2D eigenvalue weighted by Crippen LogP contribution is -2.33. The summed E-state index contributed by atoms with van der Waals surface area (Å²) in [5, 5.41) is 12.6. The van der Waals surface area contributed by atoms with Crippen molar-refractivity contribution >= 4 is 0 Å². The Morgan fingerprint density at radius 3 is 2.58 bits per heavy atom. The molecule has 1 saturated carbocycles. The van der Waals surface area contributed by atoms with E-state index >= 15 is 0 Å². The molecule has 2 fully saturated rings. The van der Waals surface area contributed by atoms with Crippen LogP contribution < -0.4 is 0 Å². The zero-order valence-corrected chi connectivity index (χ0v) is 14.5. The van der Waals surface area contributed by atoms with E-state index in [1.165, 1.54) is 37.8 Å². The first-order valence-electron chi connectivity index (χ1n) is 9.31. The fourth-order valence-corrected chi connectivity index (χ4v) is 4.23. The lowest BCUT2D eigenvalue weighted by atomic mass is 9.87. The highest BCUT2D eigenvalue weighted by molar-refractivity contribution is 5.11. The van der Waals surface area contributed by atoms with Crippen LogP contribution in [0, 0.1) is 0 Å². The van der Waals surface area contributed by atoms with E-state index in [-0.39, 0.29) is 0 Å². The van der Waals surface area contributed by atoms with E-state index in [0.29, 0.717) is 11.8 Å². The standard InChI is InChI=1S/C18H27N5O/c1-22-13-19-20-18(22)15-7-9-23(10-8-15)12-16-11-17(21-24-16)14-5-3-2-4-6-14/h11,13-15H,2-10,12H2,1H3. The Bertz CT molecular complexity index is 650. The van der Waals surface area contributed by atoms with Gasteiger partial charge in [0.25, 0.3) is 0 Å². The van der Waals surface area contributed by atoms with Gasteiger partial charge >= 0.3 is 0 Å². The van der Waals surface area contributed by atoms with Gasteiger partial charge in [-0.25, -0.2) is 0 Å². The summed E-state index contributed by atoms with van der Waals surface area (Å²) in [5.74, 6) is 3.29. The summed E-state index contributed by atoms with van der Waals surface area (Å²) in [5.41, 5.74) is 1.18. The maximum atomic E-state index is 5.62. The number of likely N-dealkylation sites (tertiary alicyclic amines) is 1. The van der Waals surface area contributed by atoms with E-state index in [0.717, 1.165) is 44.1 Å². The van der Waals surface area contributed by atoms with E-state index in [9.17, 15) is 0 Å². The van der Waals surface area contributed by atoms with Crippen molar-refractivity contribution in [3.63, 3.8) is 0 Å². The fraction of sp³-hybridized carbons (Fsp3) is 0.722. The number of rotatable bonds is 4. The normalized spacial score (nSPS) is 21.4. The summed E-state index contributed by atoms with van der Waals surface area (Å²) in [6, 6.07) is 2.20. The Labute approximate surface area is 143 Å². The molecule has 6 nitrogen and oxygen atoms in total. The second kappa shape index (κ2) is 7.05. The molecule has 3 heterocycles. The third-order valence-electron chi connectivity index (χ3n) is 5.68. The van der Waals surface area contributed by atoms with Crippen LogP contribution in [-0.4, -0.2) is 37.9 Å². The Morgan fingerprint density at radius 1 is 1.08 bits per heavy atom. The van der Waals surface area contributed by atoms with Gasteiger partial charge in [-0.3, -0.25) is 4.90 Å². The average Bonchev–Trinajstić information content (AvgIpc) is 3.26. The van der Waals surface area contributed by atoms with E-state index in [4.69, 9.17) is 4.52 Å². The molecule has 130 valence electrons. The van der Waals surface area contributed by atoms with Gasteiger partial charge in [0.1, 0.15) is 12.2 Å². The highest BCUT2D eigenvalue weighted by atomic mass is 16.5. The third-order valence-corrected chi connectivity index (χ3v) is 5.68. The first-order valence-corrected chi connectivity index (χ1v) is 9.31. The Kier molecular flexibility index (Phi) is 4.65. The van der Waals surface area contributed by atoms with Crippen LogP contribution in [0.5, 0.6) is 0 Å². The van der Waals surface area contributed by atoms with Crippen molar-refractivity contribution in [2.45, 2.75) is 63.3 Å². The number of hydrogen-bond acceptors (Lipinski definition) is 5. The zero-order valence-electron chi connectivity index (χ0n) is 14.5. The summed E-state index contributed by atoms with van der Waals surface area (Å²) < 4.78 is 7.67. The lowest BCUT2D eigenvalue weighted by Gasteiger charge is -2.30. The van der Waals surface area contributed by atoms with Crippen molar-refractivity contribution in [1.29, 1.82) is 0 Å². The van der Waals surface area contributed by atoms with Crippen molar-refractivity contribution in [2.24, 2.45) is 7.05 Å². The van der Waals surface area contributed by atoms with Crippen molar-refractivity contribution in [3.8, 4) is 0 Å². The highest BCUT2D eigenvalue weighted by Crippen LogP contribution is 2.32. The predicted molar refractivity (Wildman–Crippen MR) is 90.6 cm³/mol. The van der Waals surface area contributed by atoms with E-state index in [1.807, 2.05) is 11.6 Å². The maximum Gasteiger partial charge on any atom is 0.150 e. The molecule has 2 aromatic heterocycles. The molecule has 0 unspecified atom stereocenters. The Hall–Kier alpha value is -1.69. The molecular formula is C18H27N5O. The van der Waals surface area contributed by atoms with Crippen LogP contribution >= 0.6 is 0 Å². The first-order chi connectivity index (χ1) is 11.8. The molecule has 0 amide bonds. The number of nitrogens with zero attached hydrogens (tertiary/aromatic N) is 5. The largest absolute Gasteiger partial charge is 0.360 e.